The molecule has 0 bridgehead atoms. The van der Waals surface area contributed by atoms with Crippen LogP contribution in [0, 0.1) is 5.92 Å². The van der Waals surface area contributed by atoms with Gasteiger partial charge >= 0.3 is 0 Å². The molecule has 6 heteroatoms. The largest absolute Gasteiger partial charge is 0.300 e. The van der Waals surface area contributed by atoms with Crippen LogP contribution in [0.25, 0.3) is 0 Å². The van der Waals surface area contributed by atoms with Crippen molar-refractivity contribution in [2.24, 2.45) is 5.92 Å². The van der Waals surface area contributed by atoms with Gasteiger partial charge in [0.15, 0.2) is 0 Å². The van der Waals surface area contributed by atoms with Crippen LogP contribution in [0.15, 0.2) is 0 Å². The van der Waals surface area contributed by atoms with Gasteiger partial charge in [0.1, 0.15) is 0 Å². The highest BCUT2D eigenvalue weighted by Crippen LogP contribution is 2.27. The van der Waals surface area contributed by atoms with Crippen molar-refractivity contribution in [1.82, 2.24) is 13.5 Å². The lowest BCUT2D eigenvalue weighted by Crippen LogP contribution is -2.54. The average molecular weight is 301 g/mol. The van der Waals surface area contributed by atoms with Gasteiger partial charge in [0.05, 0.1) is 0 Å². The summed E-state index contributed by atoms with van der Waals surface area (Å²) >= 11 is 0. The minimum absolute atomic E-state index is 0.672. The van der Waals surface area contributed by atoms with E-state index in [1.54, 1.807) is 8.61 Å². The van der Waals surface area contributed by atoms with E-state index >= 15 is 0 Å². The summed E-state index contributed by atoms with van der Waals surface area (Å²) in [7, 11) is -3.19. The van der Waals surface area contributed by atoms with Crippen molar-refractivity contribution >= 4 is 10.2 Å². The van der Waals surface area contributed by atoms with Gasteiger partial charge in [-0.2, -0.15) is 17.0 Å². The summed E-state index contributed by atoms with van der Waals surface area (Å²) in [6.07, 6.45) is 7.31. The molecule has 20 heavy (non-hydrogen) atoms. The molecule has 0 unspecified atom stereocenters. The first-order chi connectivity index (χ1) is 9.66. The van der Waals surface area contributed by atoms with Gasteiger partial charge < -0.3 is 4.90 Å². The molecule has 0 aromatic heterocycles. The maximum atomic E-state index is 12.6. The van der Waals surface area contributed by atoms with Crippen LogP contribution >= 0.6 is 0 Å². The molecular formula is C14H27N3O2S. The van der Waals surface area contributed by atoms with Crippen LogP contribution in [0.5, 0.6) is 0 Å². The van der Waals surface area contributed by atoms with E-state index in [1.807, 2.05) is 0 Å². The molecule has 3 fully saturated rings. The van der Waals surface area contributed by atoms with E-state index in [2.05, 4.69) is 4.90 Å². The Morgan fingerprint density at radius 1 is 0.750 bits per heavy atom. The van der Waals surface area contributed by atoms with Gasteiger partial charge in [-0.1, -0.05) is 12.8 Å². The average Bonchev–Trinajstić information content (AvgIpc) is 2.44. The SMILES string of the molecule is O=S(=O)(N1CCCCC1)N1CCN(CC2CCC2)CC1. The van der Waals surface area contributed by atoms with Crippen LogP contribution < -0.4 is 0 Å². The quantitative estimate of drug-likeness (QED) is 0.782. The third-order valence-electron chi connectivity index (χ3n) is 5.04. The Morgan fingerprint density at radius 3 is 1.90 bits per heavy atom. The Bertz CT molecular complexity index is 408. The van der Waals surface area contributed by atoms with E-state index in [-0.39, 0.29) is 0 Å². The Hall–Kier alpha value is -0.170. The Morgan fingerprint density at radius 2 is 1.35 bits per heavy atom. The van der Waals surface area contributed by atoms with Crippen LogP contribution in [0.2, 0.25) is 0 Å². The second-order valence-electron chi connectivity index (χ2n) is 6.46. The number of piperazine rings is 1. The highest BCUT2D eigenvalue weighted by molar-refractivity contribution is 7.86. The van der Waals surface area contributed by atoms with E-state index in [9.17, 15) is 8.42 Å². The normalized spacial score (nSPS) is 28.4. The van der Waals surface area contributed by atoms with E-state index in [0.717, 1.165) is 31.8 Å². The fourth-order valence-corrected chi connectivity index (χ4v) is 5.11. The fourth-order valence-electron chi connectivity index (χ4n) is 3.44. The molecule has 116 valence electrons. The van der Waals surface area contributed by atoms with Crippen molar-refractivity contribution in [3.8, 4) is 0 Å². The van der Waals surface area contributed by atoms with E-state index in [1.165, 1.54) is 32.2 Å². The number of nitrogens with zero attached hydrogens (tertiary/aromatic N) is 3. The van der Waals surface area contributed by atoms with Gasteiger partial charge in [0, 0.05) is 45.8 Å². The summed E-state index contributed by atoms with van der Waals surface area (Å²) in [5.74, 6) is 0.875. The Kier molecular flexibility index (Phi) is 4.65. The maximum absolute atomic E-state index is 12.6. The van der Waals surface area contributed by atoms with Crippen molar-refractivity contribution < 1.29 is 8.42 Å². The summed E-state index contributed by atoms with van der Waals surface area (Å²) in [6, 6.07) is 0. The minimum atomic E-state index is -3.19. The molecule has 1 aliphatic carbocycles. The van der Waals surface area contributed by atoms with Crippen molar-refractivity contribution in [3.63, 3.8) is 0 Å². The van der Waals surface area contributed by atoms with Crippen LogP contribution in [0.1, 0.15) is 38.5 Å². The van der Waals surface area contributed by atoms with E-state index in [4.69, 9.17) is 0 Å². The summed E-state index contributed by atoms with van der Waals surface area (Å²) in [5, 5.41) is 0. The zero-order chi connectivity index (χ0) is 14.0. The summed E-state index contributed by atoms with van der Waals surface area (Å²) in [5.41, 5.74) is 0. The molecule has 1 saturated carbocycles. The van der Waals surface area contributed by atoms with E-state index in [0.29, 0.717) is 26.2 Å². The molecule has 3 rings (SSSR count). The summed E-state index contributed by atoms with van der Waals surface area (Å²) in [6.45, 7) is 5.76. The number of hydrogen-bond acceptors (Lipinski definition) is 3. The number of hydrogen-bond donors (Lipinski definition) is 0. The highest BCUT2D eigenvalue weighted by Gasteiger charge is 2.33. The monoisotopic (exact) mass is 301 g/mol. The second-order valence-corrected chi connectivity index (χ2v) is 8.39. The summed E-state index contributed by atoms with van der Waals surface area (Å²) < 4.78 is 28.5. The van der Waals surface area contributed by atoms with Crippen molar-refractivity contribution in [1.29, 1.82) is 0 Å². The third kappa shape index (κ3) is 3.18. The molecule has 3 aliphatic rings. The van der Waals surface area contributed by atoms with Crippen molar-refractivity contribution in [2.45, 2.75) is 38.5 Å². The van der Waals surface area contributed by atoms with Crippen LogP contribution in [-0.4, -0.2) is 67.7 Å². The Labute approximate surface area is 123 Å². The lowest BCUT2D eigenvalue weighted by Gasteiger charge is -2.40. The molecule has 2 aliphatic heterocycles. The summed E-state index contributed by atoms with van der Waals surface area (Å²) in [4.78, 5) is 2.45. The third-order valence-corrected chi connectivity index (χ3v) is 7.08. The molecule has 0 aromatic carbocycles. The van der Waals surface area contributed by atoms with Gasteiger partial charge in [-0.25, -0.2) is 0 Å². The zero-order valence-corrected chi connectivity index (χ0v) is 13.2. The predicted octanol–water partition coefficient (Wildman–Crippen LogP) is 1.13. The Balaban J connectivity index is 1.51. The molecule has 0 radical (unpaired) electrons. The fraction of sp³-hybridized carbons (Fsp3) is 1.00. The minimum Gasteiger partial charge on any atom is -0.300 e. The lowest BCUT2D eigenvalue weighted by molar-refractivity contribution is 0.131. The standard InChI is InChI=1S/C14H27N3O2S/c18-20(19,16-7-2-1-3-8-16)17-11-9-15(10-12-17)13-14-5-4-6-14/h14H,1-13H2. The van der Waals surface area contributed by atoms with Gasteiger partial charge in [-0.05, 0) is 31.6 Å². The molecule has 2 saturated heterocycles. The molecule has 0 amide bonds. The molecule has 5 nitrogen and oxygen atoms in total. The topological polar surface area (TPSA) is 43.9 Å². The molecular weight excluding hydrogens is 274 g/mol. The first kappa shape index (κ1) is 14.8. The first-order valence-electron chi connectivity index (χ1n) is 8.14. The first-order valence-corrected chi connectivity index (χ1v) is 9.53. The molecule has 0 spiro atoms. The number of rotatable bonds is 4. The second kappa shape index (κ2) is 6.30. The zero-order valence-electron chi connectivity index (χ0n) is 12.3. The molecule has 0 atom stereocenters. The van der Waals surface area contributed by atoms with Crippen LogP contribution in [0.3, 0.4) is 0 Å². The van der Waals surface area contributed by atoms with Crippen LogP contribution in [0.4, 0.5) is 0 Å². The van der Waals surface area contributed by atoms with Crippen molar-refractivity contribution in [3.05, 3.63) is 0 Å². The number of piperidine rings is 1. The van der Waals surface area contributed by atoms with Crippen LogP contribution in [-0.2, 0) is 10.2 Å². The van der Waals surface area contributed by atoms with Gasteiger partial charge in [-0.15, -0.1) is 0 Å². The maximum Gasteiger partial charge on any atom is 0.282 e. The van der Waals surface area contributed by atoms with Crippen molar-refractivity contribution in [2.75, 3.05) is 45.8 Å². The smallest absolute Gasteiger partial charge is 0.282 e. The molecule has 0 aromatic rings. The van der Waals surface area contributed by atoms with E-state index < -0.39 is 10.2 Å². The molecule has 0 N–H and O–H groups in total. The van der Waals surface area contributed by atoms with Gasteiger partial charge in [-0.3, -0.25) is 0 Å². The highest BCUT2D eigenvalue weighted by atomic mass is 32.2. The lowest BCUT2D eigenvalue weighted by atomic mass is 9.85. The molecule has 2 heterocycles. The van der Waals surface area contributed by atoms with Gasteiger partial charge in [0.2, 0.25) is 0 Å². The predicted molar refractivity (Wildman–Crippen MR) is 79.7 cm³/mol. The van der Waals surface area contributed by atoms with Gasteiger partial charge in [0.25, 0.3) is 10.2 Å².